The third-order valence-electron chi connectivity index (χ3n) is 2.38. The molecule has 0 aliphatic rings. The van der Waals surface area contributed by atoms with Crippen molar-refractivity contribution in [2.45, 2.75) is 19.4 Å². The van der Waals surface area contributed by atoms with Crippen LogP contribution in [0, 0.1) is 6.92 Å². The normalized spacial score (nSPS) is 11.4. The van der Waals surface area contributed by atoms with E-state index in [0.29, 0.717) is 5.69 Å². The van der Waals surface area contributed by atoms with E-state index in [4.69, 9.17) is 10.2 Å². The minimum Gasteiger partial charge on any atom is -0.481 e. The first-order valence-electron chi connectivity index (χ1n) is 5.48. The number of carboxylic acids is 2. The average Bonchev–Trinajstić information content (AvgIpc) is 2.30. The summed E-state index contributed by atoms with van der Waals surface area (Å²) in [7, 11) is 0. The van der Waals surface area contributed by atoms with Gasteiger partial charge in [-0.15, -0.1) is 0 Å². The Morgan fingerprint density at radius 3 is 2.37 bits per heavy atom. The summed E-state index contributed by atoms with van der Waals surface area (Å²) in [5.74, 6) is -2.70. The number of carboxylic acid groups (broad SMARTS) is 2. The van der Waals surface area contributed by atoms with Crippen LogP contribution in [0.15, 0.2) is 24.3 Å². The highest BCUT2D eigenvalue weighted by Gasteiger charge is 2.23. The molecule has 102 valence electrons. The molecule has 0 fully saturated rings. The molecule has 0 aromatic heterocycles. The number of benzene rings is 1. The summed E-state index contributed by atoms with van der Waals surface area (Å²) >= 11 is 0. The Labute approximate surface area is 109 Å². The zero-order valence-corrected chi connectivity index (χ0v) is 10.2. The van der Waals surface area contributed by atoms with Gasteiger partial charge in [-0.05, 0) is 18.6 Å². The van der Waals surface area contributed by atoms with Crippen LogP contribution in [0.25, 0.3) is 0 Å². The molecule has 0 heterocycles. The van der Waals surface area contributed by atoms with Crippen LogP contribution in [-0.2, 0) is 9.59 Å². The Hall–Kier alpha value is -2.57. The van der Waals surface area contributed by atoms with Gasteiger partial charge in [0.05, 0.1) is 6.42 Å². The summed E-state index contributed by atoms with van der Waals surface area (Å²) < 4.78 is 0. The number of para-hydroxylation sites is 1. The second-order valence-corrected chi connectivity index (χ2v) is 3.90. The van der Waals surface area contributed by atoms with E-state index in [-0.39, 0.29) is 0 Å². The molecule has 0 aliphatic carbocycles. The molecule has 7 nitrogen and oxygen atoms in total. The van der Waals surface area contributed by atoms with Gasteiger partial charge in [-0.3, -0.25) is 4.79 Å². The Bertz CT molecular complexity index is 501. The average molecular weight is 266 g/mol. The monoisotopic (exact) mass is 266 g/mol. The largest absolute Gasteiger partial charge is 0.481 e. The number of aryl methyl sites for hydroxylation is 1. The van der Waals surface area contributed by atoms with Crippen molar-refractivity contribution in [2.24, 2.45) is 0 Å². The molecular formula is C12H14N2O5. The van der Waals surface area contributed by atoms with E-state index in [1.807, 2.05) is 0 Å². The second-order valence-electron chi connectivity index (χ2n) is 3.90. The standard InChI is InChI=1S/C12H14N2O5/c1-7-4-2-3-5-8(7)13-12(19)14-9(11(17)18)6-10(15)16/h2-5,9H,6H2,1H3,(H,15,16)(H,17,18)(H2,13,14,19)/t9-/m0/s1. The Balaban J connectivity index is 2.65. The van der Waals surface area contributed by atoms with Gasteiger partial charge in [0.25, 0.3) is 0 Å². The van der Waals surface area contributed by atoms with E-state index in [1.54, 1.807) is 31.2 Å². The van der Waals surface area contributed by atoms with E-state index in [0.717, 1.165) is 5.56 Å². The molecule has 7 heteroatoms. The first-order valence-corrected chi connectivity index (χ1v) is 5.48. The Morgan fingerprint density at radius 2 is 1.84 bits per heavy atom. The quantitative estimate of drug-likeness (QED) is 0.635. The molecule has 1 aromatic rings. The van der Waals surface area contributed by atoms with Crippen LogP contribution in [0.1, 0.15) is 12.0 Å². The molecule has 1 aromatic carbocycles. The molecule has 0 radical (unpaired) electrons. The van der Waals surface area contributed by atoms with Crippen LogP contribution in [0.3, 0.4) is 0 Å². The van der Waals surface area contributed by atoms with E-state index in [9.17, 15) is 14.4 Å². The molecule has 0 saturated carbocycles. The van der Waals surface area contributed by atoms with Crippen molar-refractivity contribution in [3.63, 3.8) is 0 Å². The molecule has 0 bridgehead atoms. The number of hydrogen-bond acceptors (Lipinski definition) is 3. The highest BCUT2D eigenvalue weighted by atomic mass is 16.4. The molecule has 0 aliphatic heterocycles. The highest BCUT2D eigenvalue weighted by molar-refractivity contribution is 5.93. The van der Waals surface area contributed by atoms with Crippen molar-refractivity contribution in [3.05, 3.63) is 29.8 Å². The lowest BCUT2D eigenvalue weighted by atomic mass is 10.2. The van der Waals surface area contributed by atoms with Crippen LogP contribution in [0.4, 0.5) is 10.5 Å². The number of nitrogens with one attached hydrogen (secondary N) is 2. The van der Waals surface area contributed by atoms with Gasteiger partial charge < -0.3 is 20.8 Å². The van der Waals surface area contributed by atoms with Gasteiger partial charge in [0, 0.05) is 5.69 Å². The number of aliphatic carboxylic acids is 2. The van der Waals surface area contributed by atoms with E-state index in [2.05, 4.69) is 10.6 Å². The van der Waals surface area contributed by atoms with Crippen molar-refractivity contribution >= 4 is 23.7 Å². The zero-order chi connectivity index (χ0) is 14.4. The van der Waals surface area contributed by atoms with Crippen molar-refractivity contribution < 1.29 is 24.6 Å². The molecule has 0 unspecified atom stereocenters. The predicted octanol–water partition coefficient (Wildman–Crippen LogP) is 1.04. The fraction of sp³-hybridized carbons (Fsp3) is 0.250. The molecule has 1 rings (SSSR count). The first kappa shape index (κ1) is 14.5. The third-order valence-corrected chi connectivity index (χ3v) is 2.38. The van der Waals surface area contributed by atoms with Gasteiger partial charge in [-0.25, -0.2) is 9.59 Å². The topological polar surface area (TPSA) is 116 Å². The number of carbonyl (C=O) groups is 3. The lowest BCUT2D eigenvalue weighted by Crippen LogP contribution is -2.44. The predicted molar refractivity (Wildman–Crippen MR) is 67.0 cm³/mol. The molecule has 19 heavy (non-hydrogen) atoms. The van der Waals surface area contributed by atoms with Gasteiger partial charge in [-0.2, -0.15) is 0 Å². The SMILES string of the molecule is Cc1ccccc1NC(=O)N[C@@H](CC(=O)O)C(=O)O. The third kappa shape index (κ3) is 4.66. The van der Waals surface area contributed by atoms with Crippen LogP contribution in [0.2, 0.25) is 0 Å². The highest BCUT2D eigenvalue weighted by Crippen LogP contribution is 2.12. The van der Waals surface area contributed by atoms with Crippen molar-refractivity contribution in [2.75, 3.05) is 5.32 Å². The molecule has 1 atom stereocenters. The number of hydrogen-bond donors (Lipinski definition) is 4. The summed E-state index contributed by atoms with van der Waals surface area (Å²) in [5, 5.41) is 21.9. The van der Waals surface area contributed by atoms with Crippen molar-refractivity contribution in [1.82, 2.24) is 5.32 Å². The van der Waals surface area contributed by atoms with Crippen molar-refractivity contribution in [3.8, 4) is 0 Å². The van der Waals surface area contributed by atoms with Crippen LogP contribution in [0.5, 0.6) is 0 Å². The van der Waals surface area contributed by atoms with Gasteiger partial charge in [0.15, 0.2) is 0 Å². The summed E-state index contributed by atoms with van der Waals surface area (Å²) in [5.41, 5.74) is 1.34. The smallest absolute Gasteiger partial charge is 0.326 e. The van der Waals surface area contributed by atoms with Crippen molar-refractivity contribution in [1.29, 1.82) is 0 Å². The fourth-order valence-electron chi connectivity index (χ4n) is 1.40. The summed E-state index contributed by atoms with van der Waals surface area (Å²) in [4.78, 5) is 32.8. The number of amides is 2. The summed E-state index contributed by atoms with van der Waals surface area (Å²) in [6, 6.07) is 4.71. The maximum atomic E-state index is 11.6. The summed E-state index contributed by atoms with van der Waals surface area (Å²) in [6.45, 7) is 1.78. The second kappa shape index (κ2) is 6.39. The first-order chi connectivity index (χ1) is 8.90. The van der Waals surface area contributed by atoms with Gasteiger partial charge in [0.1, 0.15) is 6.04 Å². The maximum absolute atomic E-state index is 11.6. The van der Waals surface area contributed by atoms with Crippen LogP contribution < -0.4 is 10.6 Å². The van der Waals surface area contributed by atoms with E-state index in [1.165, 1.54) is 0 Å². The number of carbonyl (C=O) groups excluding carboxylic acids is 1. The zero-order valence-electron chi connectivity index (χ0n) is 10.2. The molecular weight excluding hydrogens is 252 g/mol. The van der Waals surface area contributed by atoms with Gasteiger partial charge in [0.2, 0.25) is 0 Å². The minimum atomic E-state index is -1.47. The summed E-state index contributed by atoms with van der Waals surface area (Å²) in [6.07, 6.45) is -0.684. The molecule has 0 spiro atoms. The molecule has 0 saturated heterocycles. The molecule has 2 amide bonds. The number of rotatable bonds is 5. The van der Waals surface area contributed by atoms with E-state index < -0.39 is 30.4 Å². The molecule has 4 N–H and O–H groups in total. The van der Waals surface area contributed by atoms with Gasteiger partial charge >= 0.3 is 18.0 Å². The lowest BCUT2D eigenvalue weighted by molar-refractivity contribution is -0.145. The van der Waals surface area contributed by atoms with Crippen LogP contribution in [-0.4, -0.2) is 34.2 Å². The van der Waals surface area contributed by atoms with Gasteiger partial charge in [-0.1, -0.05) is 18.2 Å². The van der Waals surface area contributed by atoms with Crippen LogP contribution >= 0.6 is 0 Å². The lowest BCUT2D eigenvalue weighted by Gasteiger charge is -2.14. The number of anilines is 1. The van der Waals surface area contributed by atoms with E-state index >= 15 is 0 Å². The Kier molecular flexibility index (Phi) is 4.87. The minimum absolute atomic E-state index is 0.527. The Morgan fingerprint density at radius 1 is 1.21 bits per heavy atom. The maximum Gasteiger partial charge on any atom is 0.326 e. The number of urea groups is 1. The fourth-order valence-corrected chi connectivity index (χ4v) is 1.40.